The van der Waals surface area contributed by atoms with Gasteiger partial charge in [-0.25, -0.2) is 13.6 Å². The van der Waals surface area contributed by atoms with E-state index >= 15 is 0 Å². The molecule has 156 valence electrons. The van der Waals surface area contributed by atoms with Crippen LogP contribution in [0.2, 0.25) is 0 Å². The molecule has 0 heterocycles. The number of alkyl halides is 2. The summed E-state index contributed by atoms with van der Waals surface area (Å²) in [5, 5.41) is 7.68. The van der Waals surface area contributed by atoms with E-state index in [2.05, 4.69) is 10.1 Å². The van der Waals surface area contributed by atoms with E-state index in [-0.39, 0.29) is 28.7 Å². The number of hydrogen-bond acceptors (Lipinski definition) is 5. The largest absolute Gasteiger partial charge is 0.490 e. The summed E-state index contributed by atoms with van der Waals surface area (Å²) in [6.45, 7) is 0.535. The Morgan fingerprint density at radius 2 is 1.93 bits per heavy atom. The summed E-state index contributed by atoms with van der Waals surface area (Å²) in [4.78, 5) is 12.0. The molecule has 3 N–H and O–H groups in total. The van der Waals surface area contributed by atoms with Gasteiger partial charge in [-0.2, -0.15) is 8.78 Å². The molecular formula is C19H20F2N2O5S. The SMILES string of the molecule is CCOc1cc(/C=C/C(=O)Nc2ccc(C)c(S(N)(=O)=O)c2)ccc1OC(F)F. The quantitative estimate of drug-likeness (QED) is 0.630. The number of carbonyl (C=O) groups excluding carboxylic acids is 1. The maximum atomic E-state index is 12.4. The molecule has 2 aromatic rings. The van der Waals surface area contributed by atoms with Gasteiger partial charge in [-0.3, -0.25) is 4.79 Å². The summed E-state index contributed by atoms with van der Waals surface area (Å²) in [7, 11) is -3.92. The number of halogens is 2. The second-order valence-electron chi connectivity index (χ2n) is 5.87. The van der Waals surface area contributed by atoms with E-state index in [9.17, 15) is 22.0 Å². The molecule has 0 saturated heterocycles. The van der Waals surface area contributed by atoms with Gasteiger partial charge in [0.25, 0.3) is 0 Å². The highest BCUT2D eigenvalue weighted by Crippen LogP contribution is 2.30. The van der Waals surface area contributed by atoms with E-state index in [1.54, 1.807) is 19.9 Å². The molecule has 2 aromatic carbocycles. The van der Waals surface area contributed by atoms with Crippen LogP contribution in [0.5, 0.6) is 11.5 Å². The lowest BCUT2D eigenvalue weighted by Crippen LogP contribution is -2.15. The van der Waals surface area contributed by atoms with Crippen molar-refractivity contribution in [3.63, 3.8) is 0 Å². The van der Waals surface area contributed by atoms with Crippen molar-refractivity contribution in [3.05, 3.63) is 53.6 Å². The zero-order valence-corrected chi connectivity index (χ0v) is 16.5. The first kappa shape index (κ1) is 22.3. The number of nitrogens with two attached hydrogens (primary N) is 1. The first-order valence-corrected chi connectivity index (χ1v) is 9.99. The molecule has 0 atom stereocenters. The number of primary sulfonamides is 1. The molecule has 29 heavy (non-hydrogen) atoms. The average molecular weight is 426 g/mol. The van der Waals surface area contributed by atoms with Crippen molar-refractivity contribution in [1.82, 2.24) is 0 Å². The van der Waals surface area contributed by atoms with Crippen molar-refractivity contribution >= 4 is 27.7 Å². The Morgan fingerprint density at radius 1 is 1.21 bits per heavy atom. The second kappa shape index (κ2) is 9.48. The number of anilines is 1. The fourth-order valence-electron chi connectivity index (χ4n) is 2.43. The summed E-state index contributed by atoms with van der Waals surface area (Å²) < 4.78 is 57.7. The molecule has 0 aliphatic rings. The van der Waals surface area contributed by atoms with Crippen molar-refractivity contribution < 1.29 is 31.5 Å². The Bertz CT molecular complexity index is 1020. The molecule has 1 amide bonds. The fraction of sp³-hybridized carbons (Fsp3) is 0.211. The van der Waals surface area contributed by atoms with Gasteiger partial charge in [-0.05, 0) is 55.3 Å². The second-order valence-corrected chi connectivity index (χ2v) is 7.40. The van der Waals surface area contributed by atoms with Crippen molar-refractivity contribution in [3.8, 4) is 11.5 Å². The van der Waals surface area contributed by atoms with Crippen LogP contribution in [0.1, 0.15) is 18.1 Å². The van der Waals surface area contributed by atoms with Crippen LogP contribution >= 0.6 is 0 Å². The third-order valence-corrected chi connectivity index (χ3v) is 4.73. The maximum Gasteiger partial charge on any atom is 0.387 e. The van der Waals surface area contributed by atoms with E-state index in [1.807, 2.05) is 0 Å². The molecule has 7 nitrogen and oxygen atoms in total. The van der Waals surface area contributed by atoms with Gasteiger partial charge in [-0.15, -0.1) is 0 Å². The van der Waals surface area contributed by atoms with Crippen LogP contribution in [0.3, 0.4) is 0 Å². The maximum absolute atomic E-state index is 12.4. The summed E-state index contributed by atoms with van der Waals surface area (Å²) in [6.07, 6.45) is 2.65. The van der Waals surface area contributed by atoms with Gasteiger partial charge >= 0.3 is 6.61 Å². The smallest absolute Gasteiger partial charge is 0.387 e. The van der Waals surface area contributed by atoms with Gasteiger partial charge in [0, 0.05) is 11.8 Å². The van der Waals surface area contributed by atoms with Gasteiger partial charge in [0.05, 0.1) is 11.5 Å². The summed E-state index contributed by atoms with van der Waals surface area (Å²) in [5.41, 5.74) is 1.22. The van der Waals surface area contributed by atoms with Crippen LogP contribution in [0, 0.1) is 6.92 Å². The third-order valence-electron chi connectivity index (χ3n) is 3.67. The molecule has 10 heteroatoms. The van der Waals surface area contributed by atoms with Crippen LogP contribution in [-0.2, 0) is 14.8 Å². The van der Waals surface area contributed by atoms with Crippen molar-refractivity contribution in [2.24, 2.45) is 5.14 Å². The molecule has 0 spiro atoms. The normalized spacial score (nSPS) is 11.7. The predicted molar refractivity (Wildman–Crippen MR) is 104 cm³/mol. The molecule has 0 aliphatic heterocycles. The summed E-state index contributed by atoms with van der Waals surface area (Å²) in [6, 6.07) is 8.58. The van der Waals surface area contributed by atoms with Crippen LogP contribution in [0.4, 0.5) is 14.5 Å². The predicted octanol–water partition coefficient (Wildman–Crippen LogP) is 3.29. The number of rotatable bonds is 8. The first-order valence-electron chi connectivity index (χ1n) is 8.44. The number of ether oxygens (including phenoxy) is 2. The van der Waals surface area contributed by atoms with Gasteiger partial charge in [0.1, 0.15) is 0 Å². The Morgan fingerprint density at radius 3 is 2.55 bits per heavy atom. The van der Waals surface area contributed by atoms with Crippen LogP contribution < -0.4 is 19.9 Å². The fourth-order valence-corrected chi connectivity index (χ4v) is 3.24. The Hall–Kier alpha value is -2.98. The molecule has 0 aromatic heterocycles. The molecular weight excluding hydrogens is 406 g/mol. The molecule has 0 unspecified atom stereocenters. The summed E-state index contributed by atoms with van der Waals surface area (Å²) >= 11 is 0. The molecule has 0 aliphatic carbocycles. The number of aryl methyl sites for hydroxylation is 1. The first-order chi connectivity index (χ1) is 13.6. The van der Waals surface area contributed by atoms with E-state index in [4.69, 9.17) is 9.88 Å². The van der Waals surface area contributed by atoms with E-state index < -0.39 is 22.5 Å². The lowest BCUT2D eigenvalue weighted by Gasteiger charge is -2.11. The van der Waals surface area contributed by atoms with Crippen molar-refractivity contribution in [2.75, 3.05) is 11.9 Å². The van der Waals surface area contributed by atoms with Gasteiger partial charge in [-0.1, -0.05) is 12.1 Å². The minimum atomic E-state index is -3.92. The highest BCUT2D eigenvalue weighted by Gasteiger charge is 2.13. The lowest BCUT2D eigenvalue weighted by atomic mass is 10.2. The molecule has 0 fully saturated rings. The minimum absolute atomic E-state index is 0.0877. The Kier molecular flexibility index (Phi) is 7.29. The zero-order valence-electron chi connectivity index (χ0n) is 15.7. The number of carbonyl (C=O) groups is 1. The highest BCUT2D eigenvalue weighted by atomic mass is 32.2. The topological polar surface area (TPSA) is 108 Å². The molecule has 0 radical (unpaired) electrons. The van der Waals surface area contributed by atoms with Crippen molar-refractivity contribution in [1.29, 1.82) is 0 Å². The number of sulfonamides is 1. The third kappa shape index (κ3) is 6.54. The molecule has 2 rings (SSSR count). The minimum Gasteiger partial charge on any atom is -0.490 e. The van der Waals surface area contributed by atoms with E-state index in [0.717, 1.165) is 0 Å². The standard InChI is InChI=1S/C19H20F2N2O5S/c1-3-27-16-10-13(5-8-15(16)28-19(20)21)6-9-18(24)23-14-7-4-12(2)17(11-14)29(22,25)26/h4-11,19H,3H2,1-2H3,(H,23,24)(H2,22,25,26)/b9-6+. The number of hydrogen-bond donors (Lipinski definition) is 2. The van der Waals surface area contributed by atoms with Crippen LogP contribution in [0.25, 0.3) is 6.08 Å². The Balaban J connectivity index is 2.16. The average Bonchev–Trinajstić information content (AvgIpc) is 2.62. The Labute approximate surface area is 167 Å². The lowest BCUT2D eigenvalue weighted by molar-refractivity contribution is -0.111. The molecule has 0 bridgehead atoms. The zero-order chi connectivity index (χ0) is 21.6. The van der Waals surface area contributed by atoms with Crippen LogP contribution in [-0.4, -0.2) is 27.5 Å². The molecule has 0 saturated carbocycles. The highest BCUT2D eigenvalue weighted by molar-refractivity contribution is 7.89. The number of nitrogens with one attached hydrogen (secondary N) is 1. The number of amides is 1. The monoisotopic (exact) mass is 426 g/mol. The summed E-state index contributed by atoms with van der Waals surface area (Å²) in [5.74, 6) is -0.523. The van der Waals surface area contributed by atoms with Crippen LogP contribution in [0.15, 0.2) is 47.4 Å². The van der Waals surface area contributed by atoms with Crippen molar-refractivity contribution in [2.45, 2.75) is 25.4 Å². The number of benzene rings is 2. The van der Waals surface area contributed by atoms with Gasteiger partial charge in [0.2, 0.25) is 15.9 Å². The van der Waals surface area contributed by atoms with Gasteiger partial charge < -0.3 is 14.8 Å². The van der Waals surface area contributed by atoms with Gasteiger partial charge in [0.15, 0.2) is 11.5 Å². The van der Waals surface area contributed by atoms with E-state index in [1.165, 1.54) is 42.5 Å². The van der Waals surface area contributed by atoms with E-state index in [0.29, 0.717) is 11.1 Å².